The average molecular weight is 336 g/mol. The number of alkyl halides is 3. The largest absolute Gasteiger partial charge is 0.577 e. The van der Waals surface area contributed by atoms with Gasteiger partial charge in [-0.1, -0.05) is 32.6 Å². The van der Waals surface area contributed by atoms with Crippen LogP contribution in [0.5, 0.6) is 0 Å². The zero-order chi connectivity index (χ0) is 16.9. The van der Waals surface area contributed by atoms with E-state index < -0.39 is 18.6 Å². The van der Waals surface area contributed by atoms with Gasteiger partial charge >= 0.3 is 12.5 Å². The molecule has 0 spiro atoms. The molecule has 0 radical (unpaired) electrons. The van der Waals surface area contributed by atoms with E-state index in [0.717, 1.165) is 24.7 Å². The highest BCUT2D eigenvalue weighted by Gasteiger charge is 2.37. The monoisotopic (exact) mass is 336 g/mol. The molecule has 0 saturated heterocycles. The molecular weight excluding hydrogens is 309 g/mol. The van der Waals surface area contributed by atoms with Crippen molar-refractivity contribution in [2.75, 3.05) is 0 Å². The molecule has 0 amide bonds. The van der Waals surface area contributed by atoms with Crippen LogP contribution in [-0.4, -0.2) is 18.6 Å². The molecular formula is C17H27F3O3. The molecule has 0 aromatic heterocycles. The molecule has 2 rings (SSSR count). The zero-order valence-electron chi connectivity index (χ0n) is 13.7. The molecule has 2 saturated carbocycles. The average Bonchev–Trinajstić information content (AvgIpc) is 2.47. The van der Waals surface area contributed by atoms with Gasteiger partial charge < -0.3 is 9.47 Å². The first-order valence-corrected chi connectivity index (χ1v) is 8.83. The van der Waals surface area contributed by atoms with Crippen molar-refractivity contribution in [2.24, 2.45) is 17.8 Å². The van der Waals surface area contributed by atoms with Gasteiger partial charge in [-0.15, -0.1) is 13.2 Å². The summed E-state index contributed by atoms with van der Waals surface area (Å²) in [6.07, 6.45) is 3.90. The molecule has 0 N–H and O–H groups in total. The Morgan fingerprint density at radius 3 is 1.96 bits per heavy atom. The Kier molecular flexibility index (Phi) is 6.60. The highest BCUT2D eigenvalue weighted by atomic mass is 19.4. The number of rotatable bonds is 4. The number of hydrogen-bond donors (Lipinski definition) is 0. The van der Waals surface area contributed by atoms with Gasteiger partial charge in [-0.3, -0.25) is 0 Å². The minimum Gasteiger partial charge on any atom is -0.431 e. The third-order valence-electron chi connectivity index (χ3n) is 5.44. The van der Waals surface area contributed by atoms with E-state index in [-0.39, 0.29) is 0 Å². The smallest absolute Gasteiger partial charge is 0.431 e. The molecule has 0 aliphatic heterocycles. The van der Waals surface area contributed by atoms with E-state index >= 15 is 0 Å². The second kappa shape index (κ2) is 8.25. The summed E-state index contributed by atoms with van der Waals surface area (Å²) < 4.78 is 43.8. The van der Waals surface area contributed by atoms with Crippen LogP contribution in [0.15, 0.2) is 0 Å². The van der Waals surface area contributed by atoms with Gasteiger partial charge in [-0.05, 0) is 56.3 Å². The van der Waals surface area contributed by atoms with Crippen molar-refractivity contribution in [3.05, 3.63) is 0 Å². The van der Waals surface area contributed by atoms with Gasteiger partial charge in [0.2, 0.25) is 0 Å². The third kappa shape index (κ3) is 6.22. The van der Waals surface area contributed by atoms with Crippen LogP contribution >= 0.6 is 0 Å². The molecule has 0 heterocycles. The molecule has 3 nitrogen and oxygen atoms in total. The van der Waals surface area contributed by atoms with Crippen LogP contribution in [-0.2, 0) is 9.47 Å². The fourth-order valence-electron chi connectivity index (χ4n) is 4.29. The Morgan fingerprint density at radius 1 is 0.957 bits per heavy atom. The molecule has 6 heteroatoms. The molecule has 0 aromatic carbocycles. The number of ether oxygens (including phenoxy) is 2. The predicted octanol–water partition coefficient (Wildman–Crippen LogP) is 5.82. The summed E-state index contributed by atoms with van der Waals surface area (Å²) in [5, 5.41) is 0. The summed E-state index contributed by atoms with van der Waals surface area (Å²) in [5.74, 6) is 2.26. The maximum atomic E-state index is 11.9. The van der Waals surface area contributed by atoms with Gasteiger partial charge in [0, 0.05) is 0 Å². The normalized spacial score (nSPS) is 32.3. The van der Waals surface area contributed by atoms with Crippen LogP contribution in [0.2, 0.25) is 0 Å². The Hall–Kier alpha value is -0.940. The van der Waals surface area contributed by atoms with Crippen molar-refractivity contribution in [3.8, 4) is 0 Å². The van der Waals surface area contributed by atoms with Gasteiger partial charge in [-0.2, -0.15) is 0 Å². The number of hydrogen-bond acceptors (Lipinski definition) is 3. The molecule has 0 atom stereocenters. The summed E-state index contributed by atoms with van der Waals surface area (Å²) >= 11 is 0. The SMILES string of the molecule is CCC[C@H]1CC[C@H]([C@H]2CC[C@H](OC(=O)OC(F)(F)F)CC2)CC1. The van der Waals surface area contributed by atoms with Gasteiger partial charge in [0.1, 0.15) is 6.10 Å². The topological polar surface area (TPSA) is 35.5 Å². The Labute approximate surface area is 135 Å². The molecule has 2 aliphatic carbocycles. The number of carbonyl (C=O) groups excluding carboxylic acids is 1. The maximum absolute atomic E-state index is 11.9. The van der Waals surface area contributed by atoms with E-state index in [1.807, 2.05) is 0 Å². The van der Waals surface area contributed by atoms with E-state index in [4.69, 9.17) is 4.74 Å². The second-order valence-corrected chi connectivity index (χ2v) is 7.02. The molecule has 0 aromatic rings. The molecule has 0 unspecified atom stereocenters. The summed E-state index contributed by atoms with van der Waals surface area (Å²) in [5.41, 5.74) is 0. The van der Waals surface area contributed by atoms with Crippen molar-refractivity contribution in [1.29, 1.82) is 0 Å². The summed E-state index contributed by atoms with van der Waals surface area (Å²) in [6, 6.07) is 0. The van der Waals surface area contributed by atoms with Crippen LogP contribution in [0, 0.1) is 17.8 Å². The van der Waals surface area contributed by atoms with Crippen LogP contribution in [0.4, 0.5) is 18.0 Å². The number of carbonyl (C=O) groups is 1. The van der Waals surface area contributed by atoms with Crippen LogP contribution in [0.3, 0.4) is 0 Å². The van der Waals surface area contributed by atoms with Crippen molar-refractivity contribution in [1.82, 2.24) is 0 Å². The highest BCUT2D eigenvalue weighted by Crippen LogP contribution is 2.41. The van der Waals surface area contributed by atoms with E-state index in [1.54, 1.807) is 0 Å². The van der Waals surface area contributed by atoms with E-state index in [2.05, 4.69) is 11.7 Å². The van der Waals surface area contributed by atoms with Crippen molar-refractivity contribution >= 4 is 6.16 Å². The summed E-state index contributed by atoms with van der Waals surface area (Å²) in [7, 11) is 0. The molecule has 2 fully saturated rings. The zero-order valence-corrected chi connectivity index (χ0v) is 13.7. The minimum atomic E-state index is -4.97. The lowest BCUT2D eigenvalue weighted by Gasteiger charge is -2.37. The van der Waals surface area contributed by atoms with Gasteiger partial charge in [0.25, 0.3) is 0 Å². The van der Waals surface area contributed by atoms with E-state index in [1.165, 1.54) is 38.5 Å². The first-order chi connectivity index (χ1) is 10.9. The van der Waals surface area contributed by atoms with Crippen molar-refractivity contribution in [3.63, 3.8) is 0 Å². The molecule has 134 valence electrons. The lowest BCUT2D eigenvalue weighted by atomic mass is 9.70. The van der Waals surface area contributed by atoms with Crippen LogP contribution < -0.4 is 0 Å². The lowest BCUT2D eigenvalue weighted by molar-refractivity contribution is -0.300. The highest BCUT2D eigenvalue weighted by molar-refractivity contribution is 5.60. The Morgan fingerprint density at radius 2 is 1.48 bits per heavy atom. The molecule has 2 aliphatic rings. The van der Waals surface area contributed by atoms with Gasteiger partial charge in [0.05, 0.1) is 0 Å². The van der Waals surface area contributed by atoms with E-state index in [0.29, 0.717) is 18.8 Å². The lowest BCUT2D eigenvalue weighted by Crippen LogP contribution is -2.31. The summed E-state index contributed by atoms with van der Waals surface area (Å²) in [6.45, 7) is 2.23. The number of halogens is 3. The third-order valence-corrected chi connectivity index (χ3v) is 5.44. The van der Waals surface area contributed by atoms with Crippen molar-refractivity contribution < 1.29 is 27.4 Å². The minimum absolute atomic E-state index is 0.433. The first-order valence-electron chi connectivity index (χ1n) is 8.83. The van der Waals surface area contributed by atoms with Crippen molar-refractivity contribution in [2.45, 2.75) is 83.6 Å². The predicted molar refractivity (Wildman–Crippen MR) is 79.7 cm³/mol. The quantitative estimate of drug-likeness (QED) is 0.606. The van der Waals surface area contributed by atoms with Crippen LogP contribution in [0.1, 0.15) is 71.1 Å². The molecule has 23 heavy (non-hydrogen) atoms. The van der Waals surface area contributed by atoms with Gasteiger partial charge in [0.15, 0.2) is 0 Å². The second-order valence-electron chi connectivity index (χ2n) is 7.02. The first kappa shape index (κ1) is 18.4. The maximum Gasteiger partial charge on any atom is 0.577 e. The van der Waals surface area contributed by atoms with E-state index in [9.17, 15) is 18.0 Å². The Bertz CT molecular complexity index is 368. The summed E-state index contributed by atoms with van der Waals surface area (Å²) in [4.78, 5) is 11.0. The molecule has 0 bridgehead atoms. The van der Waals surface area contributed by atoms with Gasteiger partial charge in [-0.25, -0.2) is 4.79 Å². The van der Waals surface area contributed by atoms with Crippen LogP contribution in [0.25, 0.3) is 0 Å². The fourth-order valence-corrected chi connectivity index (χ4v) is 4.29. The Balaban J connectivity index is 1.67. The standard InChI is InChI=1S/C17H27F3O3/c1-2-3-12-4-6-13(7-5-12)14-8-10-15(11-9-14)22-16(21)23-17(18,19)20/h12-15H,2-11H2,1H3/t12-,13-,14-,15-. The fraction of sp³-hybridized carbons (Fsp3) is 0.941.